The molecule has 0 bridgehead atoms. The van der Waals surface area contributed by atoms with Crippen molar-refractivity contribution >= 4 is 17.2 Å². The van der Waals surface area contributed by atoms with E-state index in [4.69, 9.17) is 0 Å². The number of aliphatic hydroxyl groups is 1. The van der Waals surface area contributed by atoms with Crippen LogP contribution in [0.2, 0.25) is 0 Å². The molecule has 1 saturated heterocycles. The van der Waals surface area contributed by atoms with Crippen LogP contribution in [0, 0.1) is 0 Å². The maximum atomic E-state index is 12.6. The Bertz CT molecular complexity index is 765. The fourth-order valence-corrected chi connectivity index (χ4v) is 4.37. The predicted octanol–water partition coefficient (Wildman–Crippen LogP) is 1.78. The number of nitrogens with zero attached hydrogens (tertiary/aromatic N) is 3. The fourth-order valence-electron chi connectivity index (χ4n) is 3.82. The molecule has 6 nitrogen and oxygen atoms in total. The number of hydrogen-bond donors (Lipinski definition) is 2. The number of nitrogens with one attached hydrogen (secondary N) is 1. The summed E-state index contributed by atoms with van der Waals surface area (Å²) in [6.45, 7) is 2.13. The van der Waals surface area contributed by atoms with Crippen molar-refractivity contribution in [3.05, 3.63) is 45.7 Å². The normalized spacial score (nSPS) is 23.4. The van der Waals surface area contributed by atoms with Crippen molar-refractivity contribution in [2.75, 3.05) is 13.1 Å². The Morgan fingerprint density at radius 3 is 3.04 bits per heavy atom. The molecular weight excluding hydrogens is 348 g/mol. The van der Waals surface area contributed by atoms with Crippen LogP contribution in [0.15, 0.2) is 23.2 Å². The first-order valence-electron chi connectivity index (χ1n) is 9.25. The summed E-state index contributed by atoms with van der Waals surface area (Å²) in [5.74, 6) is -0.136. The zero-order chi connectivity index (χ0) is 17.9. The number of aliphatic hydroxyl groups excluding tert-OH is 1. The van der Waals surface area contributed by atoms with E-state index in [9.17, 15) is 9.90 Å². The van der Waals surface area contributed by atoms with Crippen molar-refractivity contribution in [1.29, 1.82) is 0 Å². The van der Waals surface area contributed by atoms with E-state index >= 15 is 0 Å². The van der Waals surface area contributed by atoms with Crippen LogP contribution in [-0.4, -0.2) is 51.1 Å². The topological polar surface area (TPSA) is 78.4 Å². The Morgan fingerprint density at radius 2 is 2.23 bits per heavy atom. The van der Waals surface area contributed by atoms with Crippen LogP contribution in [0.3, 0.4) is 0 Å². The SMILES string of the molecule is O=C(N[C@@H]1CCN(Cc2cscn2)C[C@H]1O)c1cnc2c(c1)CCCC2. The fraction of sp³-hybridized carbons (Fsp3) is 0.526. The van der Waals surface area contributed by atoms with Gasteiger partial charge in [0.2, 0.25) is 0 Å². The molecule has 0 unspecified atom stereocenters. The number of carbonyl (C=O) groups is 1. The summed E-state index contributed by atoms with van der Waals surface area (Å²) < 4.78 is 0. The highest BCUT2D eigenvalue weighted by Crippen LogP contribution is 2.20. The maximum absolute atomic E-state index is 12.6. The minimum absolute atomic E-state index is 0.136. The number of fused-ring (bicyclic) bond motifs is 1. The van der Waals surface area contributed by atoms with Crippen molar-refractivity contribution in [1.82, 2.24) is 20.2 Å². The van der Waals surface area contributed by atoms with Gasteiger partial charge in [-0.25, -0.2) is 4.98 Å². The first-order valence-corrected chi connectivity index (χ1v) is 10.2. The van der Waals surface area contributed by atoms with E-state index in [1.807, 2.05) is 17.0 Å². The van der Waals surface area contributed by atoms with Crippen molar-refractivity contribution < 1.29 is 9.90 Å². The van der Waals surface area contributed by atoms with Gasteiger partial charge in [-0.3, -0.25) is 14.7 Å². The second kappa shape index (κ2) is 7.82. The molecule has 2 aromatic rings. The predicted molar refractivity (Wildman–Crippen MR) is 100 cm³/mol. The minimum atomic E-state index is -0.572. The number of carbonyl (C=O) groups excluding carboxylic acids is 1. The Kier molecular flexibility index (Phi) is 5.28. The van der Waals surface area contributed by atoms with E-state index < -0.39 is 6.10 Å². The van der Waals surface area contributed by atoms with Crippen LogP contribution in [0.5, 0.6) is 0 Å². The zero-order valence-electron chi connectivity index (χ0n) is 14.7. The third-order valence-electron chi connectivity index (χ3n) is 5.28. The number of rotatable bonds is 4. The number of likely N-dealkylation sites (tertiary alicyclic amines) is 1. The molecule has 1 amide bonds. The number of aryl methyl sites for hydroxylation is 2. The molecule has 7 heteroatoms. The molecule has 1 aliphatic carbocycles. The highest BCUT2D eigenvalue weighted by Gasteiger charge is 2.29. The first-order chi connectivity index (χ1) is 12.7. The van der Waals surface area contributed by atoms with Crippen molar-refractivity contribution in [3.8, 4) is 0 Å². The third-order valence-corrected chi connectivity index (χ3v) is 5.92. The second-order valence-corrected chi connectivity index (χ2v) is 7.91. The van der Waals surface area contributed by atoms with Crippen LogP contribution < -0.4 is 5.32 Å². The average molecular weight is 372 g/mol. The Morgan fingerprint density at radius 1 is 1.35 bits per heavy atom. The van der Waals surface area contributed by atoms with Gasteiger partial charge < -0.3 is 10.4 Å². The van der Waals surface area contributed by atoms with Crippen molar-refractivity contribution in [2.45, 2.75) is 50.8 Å². The van der Waals surface area contributed by atoms with E-state index in [1.165, 1.54) is 12.0 Å². The quantitative estimate of drug-likeness (QED) is 0.855. The number of aromatic nitrogens is 2. The van der Waals surface area contributed by atoms with Crippen LogP contribution in [0.4, 0.5) is 0 Å². The van der Waals surface area contributed by atoms with Crippen molar-refractivity contribution in [3.63, 3.8) is 0 Å². The molecule has 0 spiro atoms. The van der Waals surface area contributed by atoms with Gasteiger partial charge in [-0.15, -0.1) is 11.3 Å². The van der Waals surface area contributed by atoms with E-state index in [0.717, 1.165) is 50.2 Å². The monoisotopic (exact) mass is 372 g/mol. The summed E-state index contributed by atoms with van der Waals surface area (Å²) in [7, 11) is 0. The van der Waals surface area contributed by atoms with Gasteiger partial charge in [-0.05, 0) is 43.7 Å². The molecule has 2 aliphatic rings. The van der Waals surface area contributed by atoms with E-state index in [1.54, 1.807) is 17.5 Å². The van der Waals surface area contributed by atoms with Crippen LogP contribution in [-0.2, 0) is 19.4 Å². The molecule has 2 atom stereocenters. The Balaban J connectivity index is 1.34. The molecule has 0 aromatic carbocycles. The first kappa shape index (κ1) is 17.6. The molecule has 3 heterocycles. The number of pyridine rings is 1. The lowest BCUT2D eigenvalue weighted by Crippen LogP contribution is -2.53. The lowest BCUT2D eigenvalue weighted by Gasteiger charge is -2.36. The Hall–Kier alpha value is -1.83. The zero-order valence-corrected chi connectivity index (χ0v) is 15.5. The lowest BCUT2D eigenvalue weighted by molar-refractivity contribution is 0.0346. The van der Waals surface area contributed by atoms with Gasteiger partial charge in [0.1, 0.15) is 0 Å². The van der Waals surface area contributed by atoms with Gasteiger partial charge in [-0.1, -0.05) is 0 Å². The molecule has 2 aromatic heterocycles. The van der Waals surface area contributed by atoms with Crippen molar-refractivity contribution in [2.24, 2.45) is 0 Å². The standard InChI is InChI=1S/C19H24N4O2S/c24-18-10-23(9-15-11-26-12-21-15)6-5-17(18)22-19(25)14-7-13-3-1-2-4-16(13)20-8-14/h7-8,11-12,17-18,24H,1-6,9-10H2,(H,22,25)/t17-,18-/m1/s1. The number of thiazole rings is 1. The van der Waals surface area contributed by atoms with E-state index in [2.05, 4.69) is 20.2 Å². The summed E-state index contributed by atoms with van der Waals surface area (Å²) in [5, 5.41) is 15.5. The second-order valence-electron chi connectivity index (χ2n) is 7.19. The van der Waals surface area contributed by atoms with Gasteiger partial charge in [0.15, 0.2) is 0 Å². The number of amides is 1. The molecule has 1 fully saturated rings. The van der Waals surface area contributed by atoms with E-state index in [-0.39, 0.29) is 11.9 Å². The van der Waals surface area contributed by atoms with Crippen LogP contribution in [0.1, 0.15) is 46.6 Å². The number of piperidine rings is 1. The van der Waals surface area contributed by atoms with Gasteiger partial charge in [0.25, 0.3) is 5.91 Å². The van der Waals surface area contributed by atoms with Crippen LogP contribution in [0.25, 0.3) is 0 Å². The van der Waals surface area contributed by atoms with Crippen LogP contribution >= 0.6 is 11.3 Å². The molecule has 0 radical (unpaired) electrons. The summed E-state index contributed by atoms with van der Waals surface area (Å²) in [5.41, 5.74) is 5.78. The molecule has 4 rings (SSSR count). The molecule has 2 N–H and O–H groups in total. The van der Waals surface area contributed by atoms with E-state index in [0.29, 0.717) is 12.1 Å². The third kappa shape index (κ3) is 3.95. The smallest absolute Gasteiger partial charge is 0.253 e. The summed E-state index contributed by atoms with van der Waals surface area (Å²) >= 11 is 1.58. The Labute approximate surface area is 157 Å². The maximum Gasteiger partial charge on any atom is 0.253 e. The highest BCUT2D eigenvalue weighted by atomic mass is 32.1. The molecule has 138 valence electrons. The minimum Gasteiger partial charge on any atom is -0.390 e. The highest BCUT2D eigenvalue weighted by molar-refractivity contribution is 7.07. The largest absolute Gasteiger partial charge is 0.390 e. The average Bonchev–Trinajstić information content (AvgIpc) is 3.16. The molecule has 26 heavy (non-hydrogen) atoms. The van der Waals surface area contributed by atoms with Gasteiger partial charge >= 0.3 is 0 Å². The summed E-state index contributed by atoms with van der Waals surface area (Å²) in [4.78, 5) is 23.5. The molecule has 0 saturated carbocycles. The lowest BCUT2D eigenvalue weighted by atomic mass is 9.95. The summed E-state index contributed by atoms with van der Waals surface area (Å²) in [6, 6.07) is 1.76. The van der Waals surface area contributed by atoms with Gasteiger partial charge in [0, 0.05) is 36.9 Å². The molecule has 1 aliphatic heterocycles. The summed E-state index contributed by atoms with van der Waals surface area (Å²) in [6.07, 6.45) is 6.18. The van der Waals surface area contributed by atoms with Gasteiger partial charge in [-0.2, -0.15) is 0 Å². The van der Waals surface area contributed by atoms with Gasteiger partial charge in [0.05, 0.1) is 28.9 Å². The number of β-amino-alcohol motifs (C(OH)–C–C–N with tert-alkyl or cyclic N) is 1. The number of hydrogen-bond acceptors (Lipinski definition) is 6. The molecular formula is C19H24N4O2S.